The van der Waals surface area contributed by atoms with Gasteiger partial charge in [-0.05, 0) is 31.4 Å². The highest BCUT2D eigenvalue weighted by atomic mass is 32.2. The highest BCUT2D eigenvalue weighted by Gasteiger charge is 2.30. The van der Waals surface area contributed by atoms with Crippen LogP contribution in [0.4, 0.5) is 13.2 Å². The van der Waals surface area contributed by atoms with Crippen molar-refractivity contribution in [2.24, 2.45) is 0 Å². The van der Waals surface area contributed by atoms with E-state index in [9.17, 15) is 18.0 Å². The minimum Gasteiger partial charge on any atom is -0.410 e. The number of hydrogen-bond acceptors (Lipinski definition) is 6. The molecular formula is C16H14F3N3O2S2. The van der Waals surface area contributed by atoms with Crippen molar-refractivity contribution in [3.8, 4) is 10.8 Å². The Morgan fingerprint density at radius 3 is 2.77 bits per heavy atom. The highest BCUT2D eigenvalue weighted by molar-refractivity contribution is 7.99. The van der Waals surface area contributed by atoms with E-state index >= 15 is 0 Å². The fourth-order valence-electron chi connectivity index (χ4n) is 2.48. The molecule has 0 radical (unpaired) electrons. The number of hydrogen-bond donors (Lipinski definition) is 0. The minimum absolute atomic E-state index is 0.00237. The van der Waals surface area contributed by atoms with Crippen LogP contribution in [-0.4, -0.2) is 32.5 Å². The van der Waals surface area contributed by atoms with Crippen LogP contribution in [0.5, 0.6) is 0 Å². The maximum atomic E-state index is 12.7. The number of thioether (sulfide) groups is 1. The van der Waals surface area contributed by atoms with Gasteiger partial charge in [0.25, 0.3) is 11.1 Å². The lowest BCUT2D eigenvalue weighted by Crippen LogP contribution is -2.19. The first-order chi connectivity index (χ1) is 12.2. The third kappa shape index (κ3) is 4.18. The molecule has 3 heterocycles. The van der Waals surface area contributed by atoms with E-state index in [1.165, 1.54) is 24.3 Å². The Labute approximate surface area is 155 Å². The van der Waals surface area contributed by atoms with Gasteiger partial charge in [0.15, 0.2) is 5.78 Å². The lowest BCUT2D eigenvalue weighted by Gasteiger charge is -2.12. The van der Waals surface area contributed by atoms with Gasteiger partial charge in [-0.2, -0.15) is 13.2 Å². The van der Waals surface area contributed by atoms with E-state index in [1.54, 1.807) is 6.92 Å². The molecule has 0 N–H and O–H groups in total. The maximum Gasteiger partial charge on any atom is 0.406 e. The quantitative estimate of drug-likeness (QED) is 0.440. The van der Waals surface area contributed by atoms with Crippen molar-refractivity contribution in [1.82, 2.24) is 14.8 Å². The monoisotopic (exact) mass is 401 g/mol. The Balaban J connectivity index is 1.68. The smallest absolute Gasteiger partial charge is 0.406 e. The van der Waals surface area contributed by atoms with Gasteiger partial charge < -0.3 is 8.98 Å². The second kappa shape index (κ2) is 7.28. The fourth-order valence-corrected chi connectivity index (χ4v) is 3.77. The van der Waals surface area contributed by atoms with Crippen LogP contribution < -0.4 is 0 Å². The molecule has 0 saturated heterocycles. The molecule has 0 aromatic carbocycles. The molecule has 0 unspecified atom stereocenters. The number of rotatable bonds is 6. The van der Waals surface area contributed by atoms with Crippen molar-refractivity contribution in [2.75, 3.05) is 5.75 Å². The molecule has 0 amide bonds. The van der Waals surface area contributed by atoms with Gasteiger partial charge in [-0.3, -0.25) is 4.79 Å². The summed E-state index contributed by atoms with van der Waals surface area (Å²) in [5, 5.41) is 9.92. The standard InChI is InChI=1S/C16H14F3N3O2S2/c1-9-6-11(10(2)22(9)8-16(17,18)19)12(23)7-26-15-21-20-14(24-15)13-4-3-5-25-13/h3-6H,7-8H2,1-2H3. The molecule has 138 valence electrons. The lowest BCUT2D eigenvalue weighted by molar-refractivity contribution is -0.141. The van der Waals surface area contributed by atoms with Crippen LogP contribution >= 0.6 is 23.1 Å². The van der Waals surface area contributed by atoms with Crippen LogP contribution in [0.1, 0.15) is 21.7 Å². The molecule has 10 heteroatoms. The predicted molar refractivity (Wildman–Crippen MR) is 92.6 cm³/mol. The summed E-state index contributed by atoms with van der Waals surface area (Å²) >= 11 is 2.52. The van der Waals surface area contributed by atoms with E-state index in [2.05, 4.69) is 10.2 Å². The van der Waals surface area contributed by atoms with E-state index in [0.717, 1.165) is 21.2 Å². The first-order valence-corrected chi connectivity index (χ1v) is 9.38. The van der Waals surface area contributed by atoms with Gasteiger partial charge in [0.2, 0.25) is 0 Å². The summed E-state index contributed by atoms with van der Waals surface area (Å²) in [6.07, 6.45) is -4.34. The summed E-state index contributed by atoms with van der Waals surface area (Å²) in [5.41, 5.74) is 0.971. The Kier molecular flexibility index (Phi) is 5.24. The summed E-state index contributed by atoms with van der Waals surface area (Å²) in [6, 6.07) is 5.18. The van der Waals surface area contributed by atoms with Crippen molar-refractivity contribution in [1.29, 1.82) is 0 Å². The number of Topliss-reactive ketones (excluding diaryl/α,β-unsaturated/α-hetero) is 1. The van der Waals surface area contributed by atoms with E-state index in [4.69, 9.17) is 4.42 Å². The molecule has 26 heavy (non-hydrogen) atoms. The van der Waals surface area contributed by atoms with Gasteiger partial charge in [-0.25, -0.2) is 0 Å². The van der Waals surface area contributed by atoms with Gasteiger partial charge in [0.05, 0.1) is 10.6 Å². The first-order valence-electron chi connectivity index (χ1n) is 7.51. The zero-order chi connectivity index (χ0) is 18.9. The zero-order valence-corrected chi connectivity index (χ0v) is 15.5. The van der Waals surface area contributed by atoms with E-state index in [-0.39, 0.29) is 22.3 Å². The summed E-state index contributed by atoms with van der Waals surface area (Å²) < 4.78 is 44.6. The summed E-state index contributed by atoms with van der Waals surface area (Å²) in [6.45, 7) is 1.95. The number of thiophene rings is 1. The molecule has 3 rings (SSSR count). The van der Waals surface area contributed by atoms with Gasteiger partial charge >= 0.3 is 6.18 Å². The first kappa shape index (κ1) is 18.7. The Morgan fingerprint density at radius 1 is 1.35 bits per heavy atom. The Morgan fingerprint density at radius 2 is 2.12 bits per heavy atom. The number of aryl methyl sites for hydroxylation is 1. The summed E-state index contributed by atoms with van der Waals surface area (Å²) in [4.78, 5) is 13.2. The zero-order valence-electron chi connectivity index (χ0n) is 13.8. The number of alkyl halides is 3. The number of nitrogens with zero attached hydrogens (tertiary/aromatic N) is 3. The van der Waals surface area contributed by atoms with Crippen molar-refractivity contribution in [3.63, 3.8) is 0 Å². The third-order valence-electron chi connectivity index (χ3n) is 3.68. The topological polar surface area (TPSA) is 60.9 Å². The molecule has 0 bridgehead atoms. The van der Waals surface area contributed by atoms with E-state index in [0.29, 0.717) is 17.3 Å². The third-order valence-corrected chi connectivity index (χ3v) is 5.35. The highest BCUT2D eigenvalue weighted by Crippen LogP contribution is 2.28. The number of carbonyl (C=O) groups is 1. The molecule has 0 fully saturated rings. The molecular weight excluding hydrogens is 387 g/mol. The van der Waals surface area contributed by atoms with Crippen molar-refractivity contribution in [2.45, 2.75) is 31.8 Å². The van der Waals surface area contributed by atoms with E-state index < -0.39 is 12.7 Å². The average molecular weight is 401 g/mol. The molecule has 3 aromatic rings. The summed E-state index contributed by atoms with van der Waals surface area (Å²) in [5.74, 6) is 0.0910. The van der Waals surface area contributed by atoms with E-state index in [1.807, 2.05) is 17.5 Å². The molecule has 5 nitrogen and oxygen atoms in total. The Hall–Kier alpha value is -2.07. The Bertz CT molecular complexity index is 914. The second-order valence-corrected chi connectivity index (χ2v) is 7.42. The average Bonchev–Trinajstić information content (AvgIpc) is 3.28. The fraction of sp³-hybridized carbons (Fsp3) is 0.312. The number of ketones is 1. The second-order valence-electron chi connectivity index (χ2n) is 5.55. The van der Waals surface area contributed by atoms with Gasteiger partial charge in [-0.1, -0.05) is 17.8 Å². The number of halogens is 3. The largest absolute Gasteiger partial charge is 0.410 e. The van der Waals surface area contributed by atoms with Crippen molar-refractivity contribution >= 4 is 28.9 Å². The van der Waals surface area contributed by atoms with Crippen LogP contribution in [0, 0.1) is 13.8 Å². The molecule has 0 aliphatic heterocycles. The van der Waals surface area contributed by atoms with Gasteiger partial charge in [-0.15, -0.1) is 21.5 Å². The predicted octanol–water partition coefficient (Wildman–Crippen LogP) is 4.75. The van der Waals surface area contributed by atoms with Crippen LogP contribution in [0.15, 0.2) is 33.2 Å². The minimum atomic E-state index is -4.34. The van der Waals surface area contributed by atoms with Crippen molar-refractivity contribution < 1.29 is 22.4 Å². The summed E-state index contributed by atoms with van der Waals surface area (Å²) in [7, 11) is 0. The van der Waals surface area contributed by atoms with Crippen LogP contribution in [0.25, 0.3) is 10.8 Å². The van der Waals surface area contributed by atoms with Crippen molar-refractivity contribution in [3.05, 3.63) is 40.5 Å². The molecule has 0 saturated carbocycles. The molecule has 0 spiro atoms. The van der Waals surface area contributed by atoms with Crippen LogP contribution in [0.3, 0.4) is 0 Å². The SMILES string of the molecule is Cc1cc(C(=O)CSc2nnc(-c3cccs3)o2)c(C)n1CC(F)(F)F. The maximum absolute atomic E-state index is 12.7. The van der Waals surface area contributed by atoms with Gasteiger partial charge in [0.1, 0.15) is 6.54 Å². The normalized spacial score (nSPS) is 11.9. The number of aromatic nitrogens is 3. The molecule has 0 atom stereocenters. The molecule has 3 aromatic heterocycles. The van der Waals surface area contributed by atoms with Crippen LogP contribution in [-0.2, 0) is 6.54 Å². The lowest BCUT2D eigenvalue weighted by atomic mass is 10.2. The number of carbonyl (C=O) groups excluding carboxylic acids is 1. The van der Waals surface area contributed by atoms with Gasteiger partial charge in [0, 0.05) is 17.0 Å². The molecule has 0 aliphatic carbocycles. The van der Waals surface area contributed by atoms with Crippen LogP contribution in [0.2, 0.25) is 0 Å². The molecule has 0 aliphatic rings.